The zero-order valence-corrected chi connectivity index (χ0v) is 21.2. The number of hydrogen-bond donors (Lipinski definition) is 5. The highest BCUT2D eigenvalue weighted by Gasteiger charge is 2.29. The zero-order chi connectivity index (χ0) is 25.8. The molecule has 0 bridgehead atoms. The van der Waals surface area contributed by atoms with Gasteiger partial charge in [-0.25, -0.2) is 9.59 Å². The summed E-state index contributed by atoms with van der Waals surface area (Å²) in [6.45, 7) is 11.4. The van der Waals surface area contributed by atoms with Gasteiger partial charge in [0.15, 0.2) is 6.29 Å². The van der Waals surface area contributed by atoms with Gasteiger partial charge in [-0.1, -0.05) is 11.6 Å². The third-order valence-electron chi connectivity index (χ3n) is 3.70. The van der Waals surface area contributed by atoms with Crippen LogP contribution in [0, 0.1) is 6.92 Å². The lowest BCUT2D eigenvalue weighted by Crippen LogP contribution is -2.54. The summed E-state index contributed by atoms with van der Waals surface area (Å²) in [5.41, 5.74) is -1.28. The minimum Gasteiger partial charge on any atom is -0.444 e. The maximum absolute atomic E-state index is 12.4. The normalized spacial score (nSPS) is 14.2. The molecule has 13 heteroatoms. The number of amides is 3. The van der Waals surface area contributed by atoms with E-state index < -0.39 is 50.7 Å². The summed E-state index contributed by atoms with van der Waals surface area (Å²) >= 11 is 5.92. The Bertz CT molecular complexity index is 971. The molecule has 0 spiro atoms. The van der Waals surface area contributed by atoms with Gasteiger partial charge in [0.05, 0.1) is 16.3 Å². The van der Waals surface area contributed by atoms with E-state index in [2.05, 4.69) is 16.0 Å². The Morgan fingerprint density at radius 3 is 2.18 bits per heavy atom. The quantitative estimate of drug-likeness (QED) is 0.276. The number of nitrogens with one attached hydrogen (secondary N) is 3. The maximum Gasteiger partial charge on any atom is 0.408 e. The molecule has 1 aromatic rings. The summed E-state index contributed by atoms with van der Waals surface area (Å²) in [6, 6.07) is 0.615. The summed E-state index contributed by atoms with van der Waals surface area (Å²) in [6.07, 6.45) is -2.36. The Balaban J connectivity index is 3.01. The smallest absolute Gasteiger partial charge is 0.408 e. The zero-order valence-electron chi connectivity index (χ0n) is 19.6. The molecule has 0 saturated carbocycles. The molecular weight excluding hydrogens is 478 g/mol. The molecule has 0 saturated heterocycles. The van der Waals surface area contributed by atoms with Crippen LogP contribution in [0.4, 0.5) is 15.3 Å². The lowest BCUT2D eigenvalue weighted by Gasteiger charge is -2.31. The van der Waals surface area contributed by atoms with E-state index in [1.165, 1.54) is 12.1 Å². The lowest BCUT2D eigenvalue weighted by atomic mass is 10.2. The van der Waals surface area contributed by atoms with Crippen molar-refractivity contribution in [2.45, 2.75) is 76.9 Å². The number of anilines is 1. The van der Waals surface area contributed by atoms with Gasteiger partial charge in [0.2, 0.25) is 0 Å². The van der Waals surface area contributed by atoms with Crippen LogP contribution in [-0.4, -0.2) is 60.3 Å². The molecule has 33 heavy (non-hydrogen) atoms. The first-order chi connectivity index (χ1) is 14.8. The van der Waals surface area contributed by atoms with Crippen LogP contribution in [0.2, 0.25) is 5.02 Å². The minimum atomic E-state index is -4.73. The Kier molecular flexibility index (Phi) is 9.52. The van der Waals surface area contributed by atoms with Crippen molar-refractivity contribution >= 4 is 39.5 Å². The summed E-state index contributed by atoms with van der Waals surface area (Å²) < 4.78 is 43.4. The van der Waals surface area contributed by atoms with E-state index in [1.54, 1.807) is 48.5 Å². The number of carbonyl (C=O) groups excluding carboxylic acids is 2. The highest BCUT2D eigenvalue weighted by molar-refractivity contribution is 7.86. The van der Waals surface area contributed by atoms with Crippen molar-refractivity contribution in [3.63, 3.8) is 0 Å². The van der Waals surface area contributed by atoms with Gasteiger partial charge in [-0.3, -0.25) is 4.55 Å². The predicted octanol–water partition coefficient (Wildman–Crippen LogP) is 3.04. The average Bonchev–Trinajstić information content (AvgIpc) is 2.53. The third kappa shape index (κ3) is 10.6. The highest BCUT2D eigenvalue weighted by atomic mass is 35.5. The van der Waals surface area contributed by atoms with E-state index in [-0.39, 0.29) is 17.3 Å². The molecule has 0 fully saturated rings. The Labute approximate surface area is 198 Å². The van der Waals surface area contributed by atoms with E-state index >= 15 is 0 Å². The van der Waals surface area contributed by atoms with Crippen LogP contribution in [0.25, 0.3) is 0 Å². The molecule has 1 rings (SSSR count). The summed E-state index contributed by atoms with van der Waals surface area (Å²) in [7, 11) is -4.73. The number of rotatable bonds is 7. The fraction of sp³-hybridized carbons (Fsp3) is 0.600. The van der Waals surface area contributed by atoms with Crippen LogP contribution in [0.3, 0.4) is 0 Å². The van der Waals surface area contributed by atoms with Crippen LogP contribution >= 0.6 is 11.6 Å². The molecule has 0 heterocycles. The fourth-order valence-electron chi connectivity index (χ4n) is 2.58. The maximum atomic E-state index is 12.4. The molecule has 1 aromatic carbocycles. The van der Waals surface area contributed by atoms with Crippen LogP contribution in [0.15, 0.2) is 17.0 Å². The summed E-state index contributed by atoms with van der Waals surface area (Å²) in [4.78, 5) is 23.9. The second kappa shape index (κ2) is 10.9. The molecule has 0 aliphatic rings. The van der Waals surface area contributed by atoms with E-state index in [4.69, 9.17) is 21.1 Å². The first-order valence-electron chi connectivity index (χ1n) is 9.96. The number of aliphatic hydroxyl groups is 1. The number of halogens is 1. The van der Waals surface area contributed by atoms with Crippen LogP contribution < -0.4 is 16.0 Å². The molecule has 3 amide bonds. The van der Waals surface area contributed by atoms with E-state index in [1.807, 2.05) is 0 Å². The monoisotopic (exact) mass is 509 g/mol. The van der Waals surface area contributed by atoms with Crippen molar-refractivity contribution in [1.29, 1.82) is 0 Å². The Morgan fingerprint density at radius 2 is 1.70 bits per heavy atom. The molecule has 5 N–H and O–H groups in total. The molecule has 0 aliphatic carbocycles. The Morgan fingerprint density at radius 1 is 1.12 bits per heavy atom. The van der Waals surface area contributed by atoms with Crippen molar-refractivity contribution in [2.24, 2.45) is 0 Å². The average molecular weight is 510 g/mol. The van der Waals surface area contributed by atoms with Crippen molar-refractivity contribution in [1.82, 2.24) is 10.6 Å². The molecule has 188 valence electrons. The third-order valence-corrected chi connectivity index (χ3v) is 5.06. The standard InChI is InChI=1S/C20H32ClN3O8S/c1-11-8-12(21)15(33(28,29)30)13(9-11)23-17(26)22-10-14(16(25)31-19(2,3)4)24-18(27)32-20(5,6)7/h8-9,14,16,25H,10H2,1-7H3,(H,24,27)(H2,22,23,26)(H,28,29,30)/t14-,16-/m0/s1. The summed E-state index contributed by atoms with van der Waals surface area (Å²) in [5, 5.41) is 17.3. The first kappa shape index (κ1) is 28.9. The van der Waals surface area contributed by atoms with Gasteiger partial charge in [0, 0.05) is 6.54 Å². The van der Waals surface area contributed by atoms with Gasteiger partial charge in [-0.05, 0) is 66.2 Å². The molecule has 2 atom stereocenters. The number of ether oxygens (including phenoxy) is 2. The number of aliphatic hydroxyl groups excluding tert-OH is 1. The molecule has 0 unspecified atom stereocenters. The van der Waals surface area contributed by atoms with Crippen molar-refractivity contribution < 1.29 is 37.1 Å². The van der Waals surface area contributed by atoms with Crippen molar-refractivity contribution in [3.05, 3.63) is 22.7 Å². The second-order valence-electron chi connectivity index (χ2n) is 9.31. The number of hydrogen-bond acceptors (Lipinski definition) is 7. The highest BCUT2D eigenvalue weighted by Crippen LogP contribution is 2.30. The van der Waals surface area contributed by atoms with E-state index in [0.29, 0.717) is 5.56 Å². The molecule has 0 aliphatic heterocycles. The predicted molar refractivity (Wildman–Crippen MR) is 123 cm³/mol. The topological polar surface area (TPSA) is 163 Å². The lowest BCUT2D eigenvalue weighted by molar-refractivity contribution is -0.178. The van der Waals surface area contributed by atoms with Crippen molar-refractivity contribution in [3.8, 4) is 0 Å². The van der Waals surface area contributed by atoms with Crippen LogP contribution in [0.5, 0.6) is 0 Å². The summed E-state index contributed by atoms with van der Waals surface area (Å²) in [5.74, 6) is 0. The first-order valence-corrected chi connectivity index (χ1v) is 11.8. The SMILES string of the molecule is Cc1cc(Cl)c(S(=O)(=O)O)c(NC(=O)NC[C@H](NC(=O)OC(C)(C)C)[C@@H](O)OC(C)(C)C)c1. The number of alkyl carbamates (subject to hydrolysis) is 1. The molecule has 0 radical (unpaired) electrons. The van der Waals surface area contributed by atoms with Gasteiger partial charge in [0.25, 0.3) is 10.1 Å². The van der Waals surface area contributed by atoms with Gasteiger partial charge < -0.3 is 30.5 Å². The molecule has 0 aromatic heterocycles. The fourth-order valence-corrected chi connectivity index (χ4v) is 3.84. The second-order valence-corrected chi connectivity index (χ2v) is 11.1. The van der Waals surface area contributed by atoms with Crippen molar-refractivity contribution in [2.75, 3.05) is 11.9 Å². The number of urea groups is 1. The molecule has 11 nitrogen and oxygen atoms in total. The largest absolute Gasteiger partial charge is 0.444 e. The number of benzene rings is 1. The van der Waals surface area contributed by atoms with Gasteiger partial charge in [-0.15, -0.1) is 0 Å². The Hall–Kier alpha value is -2.12. The molecular formula is C20H32ClN3O8S. The van der Waals surface area contributed by atoms with Crippen LogP contribution in [0.1, 0.15) is 47.1 Å². The minimum absolute atomic E-state index is 0.247. The van der Waals surface area contributed by atoms with Gasteiger partial charge in [-0.2, -0.15) is 8.42 Å². The van der Waals surface area contributed by atoms with Gasteiger partial charge >= 0.3 is 12.1 Å². The van der Waals surface area contributed by atoms with E-state index in [0.717, 1.165) is 0 Å². The van der Waals surface area contributed by atoms with E-state index in [9.17, 15) is 27.7 Å². The van der Waals surface area contributed by atoms with Crippen LogP contribution in [-0.2, 0) is 19.6 Å². The number of aryl methyl sites for hydroxylation is 1. The van der Waals surface area contributed by atoms with Gasteiger partial charge in [0.1, 0.15) is 16.5 Å². The number of carbonyl (C=O) groups is 2.